The van der Waals surface area contributed by atoms with Crippen LogP contribution in [0.4, 0.5) is 11.4 Å². The van der Waals surface area contributed by atoms with Crippen molar-refractivity contribution in [3.8, 4) is 0 Å². The van der Waals surface area contributed by atoms with Crippen LogP contribution < -0.4 is 15.5 Å². The lowest BCUT2D eigenvalue weighted by Gasteiger charge is -2.36. The third-order valence-corrected chi connectivity index (χ3v) is 5.57. The van der Waals surface area contributed by atoms with E-state index < -0.39 is 0 Å². The first-order valence-corrected chi connectivity index (χ1v) is 10.7. The third kappa shape index (κ3) is 5.62. The number of carbonyl (C=O) groups excluding carboxylic acids is 2. The Balaban J connectivity index is 1.57. The molecule has 9 heteroatoms. The van der Waals surface area contributed by atoms with Gasteiger partial charge in [-0.05, 0) is 54.7 Å². The molecule has 1 heterocycles. The van der Waals surface area contributed by atoms with Gasteiger partial charge in [0.2, 0.25) is 5.91 Å². The van der Waals surface area contributed by atoms with Crippen molar-refractivity contribution in [1.29, 1.82) is 0 Å². The highest BCUT2D eigenvalue weighted by atomic mass is 35.5. The lowest BCUT2D eigenvalue weighted by molar-refractivity contribution is -0.131. The van der Waals surface area contributed by atoms with E-state index in [2.05, 4.69) is 15.5 Å². The fourth-order valence-electron chi connectivity index (χ4n) is 3.20. The molecule has 6 nitrogen and oxygen atoms in total. The van der Waals surface area contributed by atoms with Crippen molar-refractivity contribution in [2.45, 2.75) is 13.3 Å². The predicted octanol–water partition coefficient (Wildman–Crippen LogP) is 4.18. The maximum atomic E-state index is 12.2. The number of carbonyl (C=O) groups is 2. The standard InChI is InChI=1S/C21H22Cl2N4O2S/c1-2-19(28)27-11-9-26(10-12-27)18-8-7-16(13-17(18)23)24-21(30)25-20(29)14-3-5-15(22)6-4-14/h3-8,13H,2,9-12H2,1H3,(H2,24,25,29,30). The average molecular weight is 465 g/mol. The van der Waals surface area contributed by atoms with Crippen LogP contribution in [0.2, 0.25) is 10.0 Å². The summed E-state index contributed by atoms with van der Waals surface area (Å²) >= 11 is 17.5. The number of amides is 2. The minimum absolute atomic E-state index is 0.172. The molecule has 1 saturated heterocycles. The van der Waals surface area contributed by atoms with E-state index >= 15 is 0 Å². The van der Waals surface area contributed by atoms with Crippen LogP contribution in [-0.4, -0.2) is 48.0 Å². The van der Waals surface area contributed by atoms with E-state index in [1.807, 2.05) is 24.0 Å². The van der Waals surface area contributed by atoms with Crippen LogP contribution in [0.25, 0.3) is 0 Å². The molecule has 1 aliphatic rings. The van der Waals surface area contributed by atoms with Crippen LogP contribution in [0.15, 0.2) is 42.5 Å². The summed E-state index contributed by atoms with van der Waals surface area (Å²) in [6, 6.07) is 12.1. The highest BCUT2D eigenvalue weighted by Gasteiger charge is 2.21. The molecule has 2 N–H and O–H groups in total. The molecule has 1 fully saturated rings. The molecule has 0 unspecified atom stereocenters. The Morgan fingerprint density at radius 3 is 2.30 bits per heavy atom. The van der Waals surface area contributed by atoms with Gasteiger partial charge in [0.15, 0.2) is 5.11 Å². The minimum Gasteiger partial charge on any atom is -0.367 e. The summed E-state index contributed by atoms with van der Waals surface area (Å²) in [5.74, 6) is -0.152. The molecule has 158 valence electrons. The van der Waals surface area contributed by atoms with E-state index in [0.29, 0.717) is 40.8 Å². The minimum atomic E-state index is -0.327. The molecule has 0 aromatic heterocycles. The SMILES string of the molecule is CCC(=O)N1CCN(c2ccc(NC(=S)NC(=O)c3ccc(Cl)cc3)cc2Cl)CC1. The van der Waals surface area contributed by atoms with Gasteiger partial charge in [-0.1, -0.05) is 30.1 Å². The van der Waals surface area contributed by atoms with E-state index in [9.17, 15) is 9.59 Å². The monoisotopic (exact) mass is 464 g/mol. The Kier molecular flexibility index (Phi) is 7.53. The Hall–Kier alpha value is -2.35. The Labute approximate surface area is 191 Å². The molecule has 1 aliphatic heterocycles. The van der Waals surface area contributed by atoms with Gasteiger partial charge in [-0.25, -0.2) is 0 Å². The first-order chi connectivity index (χ1) is 14.4. The van der Waals surface area contributed by atoms with Crippen LogP contribution >= 0.6 is 35.4 Å². The van der Waals surface area contributed by atoms with Gasteiger partial charge in [0.25, 0.3) is 5.91 Å². The molecule has 0 bridgehead atoms. The second-order valence-corrected chi connectivity index (χ2v) is 8.05. The van der Waals surface area contributed by atoms with Gasteiger partial charge < -0.3 is 15.1 Å². The lowest BCUT2D eigenvalue weighted by atomic mass is 10.2. The Morgan fingerprint density at radius 2 is 1.70 bits per heavy atom. The summed E-state index contributed by atoms with van der Waals surface area (Å²) < 4.78 is 0. The zero-order valence-electron chi connectivity index (χ0n) is 16.5. The number of hydrogen-bond acceptors (Lipinski definition) is 4. The summed E-state index contributed by atoms with van der Waals surface area (Å²) in [5.41, 5.74) is 2.03. The van der Waals surface area contributed by atoms with Crippen molar-refractivity contribution in [3.63, 3.8) is 0 Å². The summed E-state index contributed by atoms with van der Waals surface area (Å²) in [5, 5.41) is 6.90. The second kappa shape index (κ2) is 10.1. The molecule has 0 saturated carbocycles. The number of nitrogens with zero attached hydrogens (tertiary/aromatic N) is 2. The third-order valence-electron chi connectivity index (χ3n) is 4.81. The number of anilines is 2. The average Bonchev–Trinajstić information content (AvgIpc) is 2.74. The number of benzene rings is 2. The summed E-state index contributed by atoms with van der Waals surface area (Å²) in [4.78, 5) is 28.1. The smallest absolute Gasteiger partial charge is 0.257 e. The normalized spacial score (nSPS) is 13.7. The number of nitrogens with one attached hydrogen (secondary N) is 2. The van der Waals surface area contributed by atoms with Crippen LogP contribution in [0.5, 0.6) is 0 Å². The van der Waals surface area contributed by atoms with Gasteiger partial charge in [-0.2, -0.15) is 0 Å². The molecule has 3 rings (SSSR count). The van der Waals surface area contributed by atoms with Gasteiger partial charge in [0, 0.05) is 48.9 Å². The van der Waals surface area contributed by atoms with Gasteiger partial charge in [-0.3, -0.25) is 14.9 Å². The number of piperazine rings is 1. The van der Waals surface area contributed by atoms with E-state index in [4.69, 9.17) is 35.4 Å². The number of halogens is 2. The molecular weight excluding hydrogens is 443 g/mol. The molecule has 2 aromatic rings. The molecule has 2 amide bonds. The largest absolute Gasteiger partial charge is 0.367 e. The van der Waals surface area contributed by atoms with Crippen LogP contribution in [0.3, 0.4) is 0 Å². The summed E-state index contributed by atoms with van der Waals surface area (Å²) in [6.45, 7) is 4.70. The van der Waals surface area contributed by atoms with Gasteiger partial charge >= 0.3 is 0 Å². The number of rotatable bonds is 4. The second-order valence-electron chi connectivity index (χ2n) is 6.80. The fraction of sp³-hybridized carbons (Fsp3) is 0.286. The van der Waals surface area contributed by atoms with Crippen molar-refractivity contribution in [2.75, 3.05) is 36.4 Å². The van der Waals surface area contributed by atoms with Crippen LogP contribution in [-0.2, 0) is 4.79 Å². The highest BCUT2D eigenvalue weighted by Crippen LogP contribution is 2.29. The van der Waals surface area contributed by atoms with Gasteiger partial charge in [0.1, 0.15) is 0 Å². The molecule has 0 radical (unpaired) electrons. The first-order valence-electron chi connectivity index (χ1n) is 9.57. The van der Waals surface area contributed by atoms with Crippen LogP contribution in [0, 0.1) is 0 Å². The lowest BCUT2D eigenvalue weighted by Crippen LogP contribution is -2.48. The van der Waals surface area contributed by atoms with Gasteiger partial charge in [-0.15, -0.1) is 0 Å². The maximum Gasteiger partial charge on any atom is 0.257 e. The molecule has 0 spiro atoms. The van der Waals surface area contributed by atoms with Crippen LogP contribution in [0.1, 0.15) is 23.7 Å². The summed E-state index contributed by atoms with van der Waals surface area (Å²) in [7, 11) is 0. The highest BCUT2D eigenvalue weighted by molar-refractivity contribution is 7.80. The zero-order chi connectivity index (χ0) is 21.7. The quantitative estimate of drug-likeness (QED) is 0.664. The molecule has 30 heavy (non-hydrogen) atoms. The number of hydrogen-bond donors (Lipinski definition) is 2. The van der Waals surface area contributed by atoms with E-state index in [0.717, 1.165) is 18.8 Å². The Morgan fingerprint density at radius 1 is 1.03 bits per heavy atom. The van der Waals surface area contributed by atoms with E-state index in [1.165, 1.54) is 0 Å². The van der Waals surface area contributed by atoms with Crippen molar-refractivity contribution in [1.82, 2.24) is 10.2 Å². The first kappa shape index (κ1) is 22.3. The number of thiocarbonyl (C=S) groups is 1. The van der Waals surface area contributed by atoms with Crippen molar-refractivity contribution in [3.05, 3.63) is 58.1 Å². The van der Waals surface area contributed by atoms with E-state index in [-0.39, 0.29) is 16.9 Å². The van der Waals surface area contributed by atoms with Crippen molar-refractivity contribution >= 4 is 63.7 Å². The fourth-order valence-corrected chi connectivity index (χ4v) is 3.84. The topological polar surface area (TPSA) is 64.7 Å². The Bertz CT molecular complexity index is 945. The molecular formula is C21H22Cl2N4O2S. The molecule has 2 aromatic carbocycles. The van der Waals surface area contributed by atoms with Crippen molar-refractivity contribution in [2.24, 2.45) is 0 Å². The van der Waals surface area contributed by atoms with Crippen molar-refractivity contribution < 1.29 is 9.59 Å². The molecule has 0 aliphatic carbocycles. The predicted molar refractivity (Wildman–Crippen MR) is 126 cm³/mol. The summed E-state index contributed by atoms with van der Waals surface area (Å²) in [6.07, 6.45) is 0.523. The van der Waals surface area contributed by atoms with E-state index in [1.54, 1.807) is 30.3 Å². The maximum absolute atomic E-state index is 12.2. The van der Waals surface area contributed by atoms with Gasteiger partial charge in [0.05, 0.1) is 10.7 Å². The zero-order valence-corrected chi connectivity index (χ0v) is 18.8. The molecule has 0 atom stereocenters.